The molecule has 1 amide bonds. The van der Waals surface area contributed by atoms with Crippen molar-refractivity contribution in [1.82, 2.24) is 4.90 Å². The molecule has 1 N–H and O–H groups in total. The molecule has 0 saturated carbocycles. The van der Waals surface area contributed by atoms with Gasteiger partial charge in [0.2, 0.25) is 5.91 Å². The maximum absolute atomic E-state index is 11.8. The summed E-state index contributed by atoms with van der Waals surface area (Å²) < 4.78 is 0. The summed E-state index contributed by atoms with van der Waals surface area (Å²) in [7, 11) is 1.54. The van der Waals surface area contributed by atoms with Crippen molar-refractivity contribution < 1.29 is 14.7 Å². The SMILES string of the molecule is Cc1cccc(N2CC(=O)N(C)C(C(=O)O)C2)c1. The van der Waals surface area contributed by atoms with Crippen LogP contribution in [0.5, 0.6) is 0 Å². The average molecular weight is 248 g/mol. The molecule has 1 aromatic carbocycles. The van der Waals surface area contributed by atoms with E-state index in [1.807, 2.05) is 36.1 Å². The first kappa shape index (κ1) is 12.4. The van der Waals surface area contributed by atoms with Crippen LogP contribution in [-0.2, 0) is 9.59 Å². The summed E-state index contributed by atoms with van der Waals surface area (Å²) in [5.41, 5.74) is 1.98. The van der Waals surface area contributed by atoms with Gasteiger partial charge in [-0.05, 0) is 24.6 Å². The lowest BCUT2D eigenvalue weighted by Crippen LogP contribution is -2.58. The van der Waals surface area contributed by atoms with Gasteiger partial charge in [0.25, 0.3) is 0 Å². The molecule has 1 unspecified atom stereocenters. The molecule has 1 aromatic rings. The second kappa shape index (κ2) is 4.68. The monoisotopic (exact) mass is 248 g/mol. The van der Waals surface area contributed by atoms with E-state index in [-0.39, 0.29) is 12.5 Å². The van der Waals surface area contributed by atoms with Crippen LogP contribution in [-0.4, -0.2) is 48.1 Å². The number of benzene rings is 1. The second-order valence-electron chi connectivity index (χ2n) is 4.58. The topological polar surface area (TPSA) is 60.9 Å². The number of likely N-dealkylation sites (N-methyl/N-ethyl adjacent to an activating group) is 1. The van der Waals surface area contributed by atoms with Crippen molar-refractivity contribution in [2.45, 2.75) is 13.0 Å². The summed E-state index contributed by atoms with van der Waals surface area (Å²) in [6.07, 6.45) is 0. The molecule has 5 nitrogen and oxygen atoms in total. The van der Waals surface area contributed by atoms with Gasteiger partial charge >= 0.3 is 5.97 Å². The Bertz CT molecular complexity index is 487. The number of carbonyl (C=O) groups is 2. The summed E-state index contributed by atoms with van der Waals surface area (Å²) >= 11 is 0. The minimum atomic E-state index is -0.969. The van der Waals surface area contributed by atoms with Crippen molar-refractivity contribution in [3.05, 3.63) is 29.8 Å². The number of rotatable bonds is 2. The lowest BCUT2D eigenvalue weighted by molar-refractivity contribution is -0.149. The Morgan fingerprint density at radius 2 is 2.17 bits per heavy atom. The lowest BCUT2D eigenvalue weighted by Gasteiger charge is -2.38. The van der Waals surface area contributed by atoms with Crippen molar-refractivity contribution in [3.8, 4) is 0 Å². The molecule has 0 aromatic heterocycles. The van der Waals surface area contributed by atoms with E-state index in [0.717, 1.165) is 11.3 Å². The van der Waals surface area contributed by atoms with Gasteiger partial charge in [-0.25, -0.2) is 4.79 Å². The normalized spacial score (nSPS) is 20.1. The molecule has 1 atom stereocenters. The number of piperazine rings is 1. The number of hydrogen-bond donors (Lipinski definition) is 1. The summed E-state index contributed by atoms with van der Waals surface area (Å²) in [6, 6.07) is 6.94. The fraction of sp³-hybridized carbons (Fsp3) is 0.385. The van der Waals surface area contributed by atoms with Gasteiger partial charge < -0.3 is 14.9 Å². The average Bonchev–Trinajstić information content (AvgIpc) is 2.32. The van der Waals surface area contributed by atoms with Gasteiger partial charge in [0.1, 0.15) is 6.04 Å². The van der Waals surface area contributed by atoms with E-state index in [2.05, 4.69) is 0 Å². The Morgan fingerprint density at radius 1 is 1.44 bits per heavy atom. The van der Waals surface area contributed by atoms with Crippen molar-refractivity contribution in [2.75, 3.05) is 25.0 Å². The predicted octanol–water partition coefficient (Wildman–Crippen LogP) is 0.727. The van der Waals surface area contributed by atoms with Gasteiger partial charge in [-0.15, -0.1) is 0 Å². The Morgan fingerprint density at radius 3 is 2.78 bits per heavy atom. The van der Waals surface area contributed by atoms with Crippen molar-refractivity contribution in [3.63, 3.8) is 0 Å². The van der Waals surface area contributed by atoms with Gasteiger partial charge in [-0.3, -0.25) is 4.79 Å². The van der Waals surface area contributed by atoms with E-state index < -0.39 is 12.0 Å². The summed E-state index contributed by atoms with van der Waals surface area (Å²) in [6.45, 7) is 2.51. The van der Waals surface area contributed by atoms with E-state index in [1.165, 1.54) is 11.9 Å². The minimum absolute atomic E-state index is 0.171. The zero-order valence-electron chi connectivity index (χ0n) is 10.5. The summed E-state index contributed by atoms with van der Waals surface area (Å²) in [4.78, 5) is 26.0. The van der Waals surface area contributed by atoms with Crippen LogP contribution in [0.2, 0.25) is 0 Å². The van der Waals surface area contributed by atoms with E-state index >= 15 is 0 Å². The first-order valence-electron chi connectivity index (χ1n) is 5.79. The second-order valence-corrected chi connectivity index (χ2v) is 4.58. The molecule has 1 saturated heterocycles. The fourth-order valence-corrected chi connectivity index (χ4v) is 2.11. The maximum atomic E-state index is 11.8. The number of carboxylic acid groups (broad SMARTS) is 1. The Labute approximate surface area is 106 Å². The quantitative estimate of drug-likeness (QED) is 0.838. The van der Waals surface area contributed by atoms with Crippen LogP contribution in [0.3, 0.4) is 0 Å². The molecule has 5 heteroatoms. The summed E-state index contributed by atoms with van der Waals surface area (Å²) in [5.74, 6) is -1.14. The molecule has 1 fully saturated rings. The predicted molar refractivity (Wildman–Crippen MR) is 67.6 cm³/mol. The molecular formula is C13H16N2O3. The van der Waals surface area contributed by atoms with Gasteiger partial charge in [-0.2, -0.15) is 0 Å². The maximum Gasteiger partial charge on any atom is 0.328 e. The number of nitrogens with zero attached hydrogens (tertiary/aromatic N) is 2. The van der Waals surface area contributed by atoms with Crippen LogP contribution in [0.4, 0.5) is 5.69 Å². The molecule has 1 aliphatic rings. The zero-order chi connectivity index (χ0) is 13.3. The molecule has 2 rings (SSSR count). The molecule has 0 spiro atoms. The third-order valence-electron chi connectivity index (χ3n) is 3.23. The third kappa shape index (κ3) is 2.30. The van der Waals surface area contributed by atoms with Crippen molar-refractivity contribution in [2.24, 2.45) is 0 Å². The van der Waals surface area contributed by atoms with Gasteiger partial charge in [0.15, 0.2) is 0 Å². The largest absolute Gasteiger partial charge is 0.480 e. The Hall–Kier alpha value is -2.04. The van der Waals surface area contributed by atoms with E-state index in [1.54, 1.807) is 0 Å². The van der Waals surface area contributed by atoms with Crippen LogP contribution < -0.4 is 4.90 Å². The van der Waals surface area contributed by atoms with Crippen LogP contribution >= 0.6 is 0 Å². The lowest BCUT2D eigenvalue weighted by atomic mass is 10.1. The first-order valence-corrected chi connectivity index (χ1v) is 5.79. The molecule has 0 bridgehead atoms. The van der Waals surface area contributed by atoms with Crippen LogP contribution in [0.15, 0.2) is 24.3 Å². The Kier molecular flexibility index (Phi) is 3.23. The zero-order valence-corrected chi connectivity index (χ0v) is 10.5. The van der Waals surface area contributed by atoms with Gasteiger partial charge in [0, 0.05) is 19.3 Å². The first-order chi connectivity index (χ1) is 8.49. The smallest absolute Gasteiger partial charge is 0.328 e. The molecule has 18 heavy (non-hydrogen) atoms. The van der Waals surface area contributed by atoms with E-state index in [0.29, 0.717) is 6.54 Å². The van der Waals surface area contributed by atoms with Crippen molar-refractivity contribution in [1.29, 1.82) is 0 Å². The number of aliphatic carboxylic acids is 1. The highest BCUT2D eigenvalue weighted by atomic mass is 16.4. The minimum Gasteiger partial charge on any atom is -0.480 e. The van der Waals surface area contributed by atoms with Crippen LogP contribution in [0.25, 0.3) is 0 Å². The van der Waals surface area contributed by atoms with Crippen LogP contribution in [0, 0.1) is 6.92 Å². The molecule has 1 heterocycles. The standard InChI is InChI=1S/C13H16N2O3/c1-9-4-3-5-10(6-9)15-7-11(13(17)18)14(2)12(16)8-15/h3-6,11H,7-8H2,1-2H3,(H,17,18). The van der Waals surface area contributed by atoms with E-state index in [9.17, 15) is 9.59 Å². The number of aryl methyl sites for hydroxylation is 1. The molecule has 1 aliphatic heterocycles. The third-order valence-corrected chi connectivity index (χ3v) is 3.23. The van der Waals surface area contributed by atoms with Gasteiger partial charge in [-0.1, -0.05) is 12.1 Å². The number of carboxylic acids is 1. The van der Waals surface area contributed by atoms with Gasteiger partial charge in [0.05, 0.1) is 6.54 Å². The highest BCUT2D eigenvalue weighted by Crippen LogP contribution is 2.20. The molecule has 0 radical (unpaired) electrons. The molecule has 0 aliphatic carbocycles. The number of carbonyl (C=O) groups excluding carboxylic acids is 1. The Balaban J connectivity index is 2.25. The highest BCUT2D eigenvalue weighted by molar-refractivity contribution is 5.89. The number of hydrogen-bond acceptors (Lipinski definition) is 3. The fourth-order valence-electron chi connectivity index (χ4n) is 2.11. The number of anilines is 1. The summed E-state index contributed by atoms with van der Waals surface area (Å²) in [5, 5.41) is 9.13. The number of amides is 1. The highest BCUT2D eigenvalue weighted by Gasteiger charge is 2.34. The van der Waals surface area contributed by atoms with Crippen LogP contribution in [0.1, 0.15) is 5.56 Å². The van der Waals surface area contributed by atoms with E-state index in [4.69, 9.17) is 5.11 Å². The molecular weight excluding hydrogens is 232 g/mol. The van der Waals surface area contributed by atoms with Crippen molar-refractivity contribution >= 4 is 17.6 Å². The molecule has 96 valence electrons.